The van der Waals surface area contributed by atoms with Gasteiger partial charge in [0.2, 0.25) is 0 Å². The molecule has 31 heavy (non-hydrogen) atoms. The van der Waals surface area contributed by atoms with Crippen molar-refractivity contribution in [3.63, 3.8) is 0 Å². The molecule has 1 aliphatic heterocycles. The van der Waals surface area contributed by atoms with E-state index in [0.717, 1.165) is 30.8 Å². The summed E-state index contributed by atoms with van der Waals surface area (Å²) in [5.74, 6) is -1.27. The van der Waals surface area contributed by atoms with Gasteiger partial charge < -0.3 is 4.90 Å². The van der Waals surface area contributed by atoms with Crippen molar-refractivity contribution in [2.75, 3.05) is 18.0 Å². The van der Waals surface area contributed by atoms with Crippen molar-refractivity contribution in [3.05, 3.63) is 54.3 Å². The number of anilines is 1. The SMILES string of the molecule is CCCCCCN(/C=C/C=C1\C(=O)NC(=O)N(c2ccccc2)C1=O)CCCCCC. The van der Waals surface area contributed by atoms with Crippen LogP contribution in [0.5, 0.6) is 0 Å². The number of unbranched alkanes of at least 4 members (excludes halogenated alkanes) is 6. The zero-order valence-electron chi connectivity index (χ0n) is 18.8. The third-order valence-corrected chi connectivity index (χ3v) is 5.27. The molecule has 0 spiro atoms. The molecule has 0 bridgehead atoms. The first-order valence-electron chi connectivity index (χ1n) is 11.5. The predicted molar refractivity (Wildman–Crippen MR) is 125 cm³/mol. The van der Waals surface area contributed by atoms with Crippen LogP contribution in [0.2, 0.25) is 0 Å². The Balaban J connectivity index is 2.08. The molecule has 0 unspecified atom stereocenters. The van der Waals surface area contributed by atoms with Gasteiger partial charge in [0.15, 0.2) is 0 Å². The van der Waals surface area contributed by atoms with E-state index < -0.39 is 17.8 Å². The van der Waals surface area contributed by atoms with E-state index in [9.17, 15) is 14.4 Å². The lowest BCUT2D eigenvalue weighted by atomic mass is 10.1. The van der Waals surface area contributed by atoms with Gasteiger partial charge in [-0.05, 0) is 43.3 Å². The average molecular weight is 426 g/mol. The second-order valence-corrected chi connectivity index (χ2v) is 7.81. The summed E-state index contributed by atoms with van der Waals surface area (Å²) < 4.78 is 0. The smallest absolute Gasteiger partial charge is 0.335 e. The second kappa shape index (κ2) is 13.4. The molecule has 1 aromatic carbocycles. The fraction of sp³-hybridized carbons (Fsp3) is 0.480. The molecule has 0 atom stereocenters. The second-order valence-electron chi connectivity index (χ2n) is 7.81. The number of amides is 4. The topological polar surface area (TPSA) is 69.7 Å². The summed E-state index contributed by atoms with van der Waals surface area (Å²) in [6, 6.07) is 7.88. The summed E-state index contributed by atoms with van der Waals surface area (Å²) in [6.07, 6.45) is 14.7. The zero-order valence-corrected chi connectivity index (χ0v) is 18.8. The van der Waals surface area contributed by atoms with Gasteiger partial charge in [-0.25, -0.2) is 9.69 Å². The third-order valence-electron chi connectivity index (χ3n) is 5.27. The summed E-state index contributed by atoms with van der Waals surface area (Å²) >= 11 is 0. The number of hydrogen-bond acceptors (Lipinski definition) is 4. The van der Waals surface area contributed by atoms with Gasteiger partial charge in [0, 0.05) is 13.1 Å². The summed E-state index contributed by atoms with van der Waals surface area (Å²) in [5.41, 5.74) is 0.387. The molecule has 6 heteroatoms. The van der Waals surface area contributed by atoms with Crippen LogP contribution in [0.15, 0.2) is 54.3 Å². The number of rotatable bonds is 13. The Labute approximate surface area is 186 Å². The number of nitrogens with one attached hydrogen (secondary N) is 1. The van der Waals surface area contributed by atoms with Gasteiger partial charge in [-0.2, -0.15) is 0 Å². The van der Waals surface area contributed by atoms with E-state index in [4.69, 9.17) is 0 Å². The molecule has 168 valence electrons. The highest BCUT2D eigenvalue weighted by Gasteiger charge is 2.36. The highest BCUT2D eigenvalue weighted by molar-refractivity contribution is 6.37. The number of nitrogens with zero attached hydrogens (tertiary/aromatic N) is 2. The van der Waals surface area contributed by atoms with Crippen molar-refractivity contribution in [3.8, 4) is 0 Å². The van der Waals surface area contributed by atoms with Crippen molar-refractivity contribution in [1.82, 2.24) is 10.2 Å². The number of urea groups is 1. The number of hydrogen-bond donors (Lipinski definition) is 1. The molecule has 1 saturated heterocycles. The van der Waals surface area contributed by atoms with E-state index in [0.29, 0.717) is 5.69 Å². The fourth-order valence-electron chi connectivity index (χ4n) is 3.49. The Bertz CT molecular complexity index is 774. The Morgan fingerprint density at radius 3 is 2.06 bits per heavy atom. The first kappa shape index (κ1) is 24.4. The number of barbiturate groups is 1. The minimum Gasteiger partial charge on any atom is -0.377 e. The van der Waals surface area contributed by atoms with Gasteiger partial charge in [0.1, 0.15) is 5.57 Å². The van der Waals surface area contributed by atoms with Crippen LogP contribution >= 0.6 is 0 Å². The highest BCUT2D eigenvalue weighted by Crippen LogP contribution is 2.20. The molecule has 1 N–H and O–H groups in total. The monoisotopic (exact) mass is 425 g/mol. The Morgan fingerprint density at radius 2 is 1.48 bits per heavy atom. The van der Waals surface area contributed by atoms with Crippen LogP contribution in [0, 0.1) is 0 Å². The van der Waals surface area contributed by atoms with Crippen molar-refractivity contribution in [2.24, 2.45) is 0 Å². The standard InChI is InChI=1S/C25H35N3O3/c1-3-5-7-12-18-27(19-13-8-6-4-2)20-14-17-22-23(29)26-25(31)28(24(22)30)21-15-10-9-11-16-21/h9-11,14-17,20H,3-8,12-13,18-19H2,1-2H3,(H,26,29,31)/b20-14+,22-17+. The predicted octanol–water partition coefficient (Wildman–Crippen LogP) is 5.17. The summed E-state index contributed by atoms with van der Waals surface area (Å²) in [6.45, 7) is 6.32. The molecule has 4 amide bonds. The van der Waals surface area contributed by atoms with Crippen LogP contribution in [0.25, 0.3) is 0 Å². The maximum atomic E-state index is 12.8. The molecule has 0 saturated carbocycles. The molecule has 0 aromatic heterocycles. The van der Waals surface area contributed by atoms with Crippen LogP contribution in [-0.2, 0) is 9.59 Å². The Kier molecular flexibility index (Phi) is 10.6. The summed E-state index contributed by atoms with van der Waals surface area (Å²) in [7, 11) is 0. The van der Waals surface area contributed by atoms with Crippen LogP contribution in [-0.4, -0.2) is 35.8 Å². The summed E-state index contributed by atoms with van der Waals surface area (Å²) in [4.78, 5) is 40.6. The number of carbonyl (C=O) groups is 3. The van der Waals surface area contributed by atoms with Crippen molar-refractivity contribution in [2.45, 2.75) is 65.2 Å². The van der Waals surface area contributed by atoms with Gasteiger partial charge in [-0.1, -0.05) is 70.6 Å². The van der Waals surface area contributed by atoms with Gasteiger partial charge in [-0.3, -0.25) is 14.9 Å². The minimum atomic E-state index is -0.726. The van der Waals surface area contributed by atoms with Crippen molar-refractivity contribution in [1.29, 1.82) is 0 Å². The van der Waals surface area contributed by atoms with E-state index in [1.807, 2.05) is 6.20 Å². The number of imide groups is 2. The number of carbonyl (C=O) groups excluding carboxylic acids is 3. The highest BCUT2D eigenvalue weighted by atomic mass is 16.2. The van der Waals surface area contributed by atoms with E-state index in [1.165, 1.54) is 44.6 Å². The normalized spacial score (nSPS) is 15.7. The number of allylic oxidation sites excluding steroid dienone is 2. The van der Waals surface area contributed by atoms with Gasteiger partial charge >= 0.3 is 6.03 Å². The maximum Gasteiger partial charge on any atom is 0.335 e. The molecule has 0 aliphatic carbocycles. The van der Waals surface area contributed by atoms with Crippen LogP contribution < -0.4 is 10.2 Å². The molecule has 1 aromatic rings. The minimum absolute atomic E-state index is 0.0448. The maximum absolute atomic E-state index is 12.8. The molecular weight excluding hydrogens is 390 g/mol. The van der Waals surface area contributed by atoms with E-state index in [1.54, 1.807) is 36.4 Å². The fourth-order valence-corrected chi connectivity index (χ4v) is 3.49. The molecule has 2 rings (SSSR count). The molecular formula is C25H35N3O3. The van der Waals surface area contributed by atoms with Gasteiger partial charge in [0.05, 0.1) is 5.69 Å². The number of para-hydroxylation sites is 1. The van der Waals surface area contributed by atoms with Crippen LogP contribution in [0.3, 0.4) is 0 Å². The Morgan fingerprint density at radius 1 is 0.871 bits per heavy atom. The van der Waals surface area contributed by atoms with Gasteiger partial charge in [-0.15, -0.1) is 0 Å². The first-order chi connectivity index (χ1) is 15.1. The van der Waals surface area contributed by atoms with Crippen LogP contribution in [0.4, 0.5) is 10.5 Å². The third kappa shape index (κ3) is 7.70. The van der Waals surface area contributed by atoms with E-state index in [2.05, 4.69) is 24.1 Å². The molecule has 1 aliphatic rings. The lowest BCUT2D eigenvalue weighted by molar-refractivity contribution is -0.122. The molecule has 0 radical (unpaired) electrons. The first-order valence-corrected chi connectivity index (χ1v) is 11.5. The zero-order chi connectivity index (χ0) is 22.5. The van der Waals surface area contributed by atoms with Crippen molar-refractivity contribution >= 4 is 23.5 Å². The molecule has 1 fully saturated rings. The average Bonchev–Trinajstić information content (AvgIpc) is 2.76. The summed E-state index contributed by atoms with van der Waals surface area (Å²) in [5, 5.41) is 2.25. The van der Waals surface area contributed by atoms with E-state index >= 15 is 0 Å². The van der Waals surface area contributed by atoms with Crippen LogP contribution in [0.1, 0.15) is 65.2 Å². The Hall–Kier alpha value is -2.89. The van der Waals surface area contributed by atoms with Gasteiger partial charge in [0.25, 0.3) is 11.8 Å². The van der Waals surface area contributed by atoms with Crippen molar-refractivity contribution < 1.29 is 14.4 Å². The largest absolute Gasteiger partial charge is 0.377 e. The number of benzene rings is 1. The quantitative estimate of drug-likeness (QED) is 0.269. The molecule has 1 heterocycles. The lowest BCUT2D eigenvalue weighted by Gasteiger charge is -2.26. The molecule has 6 nitrogen and oxygen atoms in total. The lowest BCUT2D eigenvalue weighted by Crippen LogP contribution is -2.54. The van der Waals surface area contributed by atoms with E-state index in [-0.39, 0.29) is 5.57 Å².